The Bertz CT molecular complexity index is 714. The maximum Gasteiger partial charge on any atom is 0.241 e. The highest BCUT2D eigenvalue weighted by atomic mass is 16.3. The lowest BCUT2D eigenvalue weighted by molar-refractivity contribution is -0.113. The van der Waals surface area contributed by atoms with Gasteiger partial charge >= 0.3 is 0 Å². The van der Waals surface area contributed by atoms with Crippen molar-refractivity contribution in [3.63, 3.8) is 0 Å². The summed E-state index contributed by atoms with van der Waals surface area (Å²) in [6.45, 7) is 1.74. The average molecular weight is 317 g/mol. The minimum atomic E-state index is -1.02. The van der Waals surface area contributed by atoms with Crippen LogP contribution in [-0.2, 0) is 4.79 Å². The normalized spacial score (nSPS) is 26.3. The fourth-order valence-electron chi connectivity index (χ4n) is 3.00. The number of aliphatic hydroxyl groups is 2. The maximum absolute atomic E-state index is 10.8. The largest absolute Gasteiger partial charge is 0.505 e. The zero-order valence-electron chi connectivity index (χ0n) is 12.6. The van der Waals surface area contributed by atoms with Crippen LogP contribution in [0.4, 0.5) is 5.69 Å². The van der Waals surface area contributed by atoms with Crippen LogP contribution in [0.3, 0.4) is 0 Å². The van der Waals surface area contributed by atoms with E-state index in [2.05, 4.69) is 5.32 Å². The standard InChI is InChI=1S/C16H19N3O4/c1-8-2-4-10-13(14(8)21)18-15(22)11-6-9(3-5-12(17)20)7-19(11)16(10)23/h2-5,7,11,15-16,18,21-23H,6H2,1H3,(H2,17,20)/b5-3+/t11-,15-,16?/m0/s1. The lowest BCUT2D eigenvalue weighted by Crippen LogP contribution is -2.41. The van der Waals surface area contributed by atoms with E-state index in [1.807, 2.05) is 0 Å². The lowest BCUT2D eigenvalue weighted by Gasteiger charge is -2.29. The number of aromatic hydroxyl groups is 1. The molecule has 7 heteroatoms. The number of benzene rings is 1. The molecular formula is C16H19N3O4. The number of aliphatic hydroxyl groups excluding tert-OH is 2. The molecular weight excluding hydrogens is 298 g/mol. The molecule has 3 atom stereocenters. The van der Waals surface area contributed by atoms with E-state index in [0.717, 1.165) is 5.57 Å². The van der Waals surface area contributed by atoms with E-state index in [1.165, 1.54) is 6.08 Å². The molecule has 7 nitrogen and oxygen atoms in total. The first kappa shape index (κ1) is 15.4. The summed E-state index contributed by atoms with van der Waals surface area (Å²) in [5.74, 6) is -0.544. The molecule has 3 rings (SSSR count). The second kappa shape index (κ2) is 5.60. The Balaban J connectivity index is 1.99. The van der Waals surface area contributed by atoms with E-state index in [9.17, 15) is 20.1 Å². The van der Waals surface area contributed by atoms with Crippen molar-refractivity contribution >= 4 is 11.6 Å². The molecule has 0 aliphatic carbocycles. The van der Waals surface area contributed by atoms with Crippen LogP contribution in [0.1, 0.15) is 23.8 Å². The van der Waals surface area contributed by atoms with Crippen molar-refractivity contribution in [2.24, 2.45) is 5.73 Å². The van der Waals surface area contributed by atoms with Gasteiger partial charge in [0.1, 0.15) is 12.0 Å². The third-order valence-corrected chi connectivity index (χ3v) is 4.23. The molecule has 2 aliphatic rings. The number of primary amides is 1. The fourth-order valence-corrected chi connectivity index (χ4v) is 3.00. The first-order chi connectivity index (χ1) is 10.9. The molecule has 1 aromatic rings. The molecule has 0 aromatic heterocycles. The molecule has 0 saturated heterocycles. The first-order valence-corrected chi connectivity index (χ1v) is 7.29. The van der Waals surface area contributed by atoms with Gasteiger partial charge < -0.3 is 31.3 Å². The average Bonchev–Trinajstić information content (AvgIpc) is 2.90. The Hall–Kier alpha value is -2.51. The summed E-state index contributed by atoms with van der Waals surface area (Å²) in [7, 11) is 0. The van der Waals surface area contributed by atoms with Crippen molar-refractivity contribution in [1.82, 2.24) is 4.90 Å². The van der Waals surface area contributed by atoms with Crippen molar-refractivity contribution in [3.05, 3.63) is 47.2 Å². The number of allylic oxidation sites excluding steroid dienone is 1. The number of aryl methyl sites for hydroxylation is 1. The number of hydrogen-bond acceptors (Lipinski definition) is 6. The molecule has 2 aliphatic heterocycles. The topological polar surface area (TPSA) is 119 Å². The van der Waals surface area contributed by atoms with Crippen LogP contribution >= 0.6 is 0 Å². The molecule has 0 fully saturated rings. The van der Waals surface area contributed by atoms with Gasteiger partial charge in [-0.1, -0.05) is 18.2 Å². The third kappa shape index (κ3) is 2.64. The third-order valence-electron chi connectivity index (χ3n) is 4.23. The van der Waals surface area contributed by atoms with E-state index in [-0.39, 0.29) is 5.75 Å². The van der Waals surface area contributed by atoms with Crippen LogP contribution in [-0.4, -0.2) is 38.4 Å². The number of anilines is 1. The van der Waals surface area contributed by atoms with Crippen molar-refractivity contribution in [1.29, 1.82) is 0 Å². The maximum atomic E-state index is 10.8. The molecule has 6 N–H and O–H groups in total. The number of rotatable bonds is 2. The molecule has 1 aromatic carbocycles. The Morgan fingerprint density at radius 1 is 1.43 bits per heavy atom. The molecule has 1 unspecified atom stereocenters. The quantitative estimate of drug-likeness (QED) is 0.399. The number of amides is 1. The van der Waals surface area contributed by atoms with Gasteiger partial charge in [-0.3, -0.25) is 4.79 Å². The van der Waals surface area contributed by atoms with Crippen LogP contribution in [0.15, 0.2) is 36.1 Å². The van der Waals surface area contributed by atoms with Crippen LogP contribution in [0, 0.1) is 6.92 Å². The van der Waals surface area contributed by atoms with E-state index in [0.29, 0.717) is 23.2 Å². The molecule has 0 radical (unpaired) electrons. The van der Waals surface area contributed by atoms with E-state index < -0.39 is 24.4 Å². The Morgan fingerprint density at radius 3 is 2.87 bits per heavy atom. The molecule has 2 heterocycles. The van der Waals surface area contributed by atoms with Crippen LogP contribution in [0.5, 0.6) is 5.75 Å². The van der Waals surface area contributed by atoms with Crippen molar-refractivity contribution in [2.45, 2.75) is 31.8 Å². The first-order valence-electron chi connectivity index (χ1n) is 7.29. The zero-order chi connectivity index (χ0) is 16.7. The summed E-state index contributed by atoms with van der Waals surface area (Å²) in [6, 6.07) is 2.99. The van der Waals surface area contributed by atoms with Gasteiger partial charge in [0.05, 0.1) is 11.7 Å². The number of nitrogens with one attached hydrogen (secondary N) is 1. The minimum absolute atomic E-state index is 0.0135. The van der Waals surface area contributed by atoms with E-state index >= 15 is 0 Å². The Kier molecular flexibility index (Phi) is 3.75. The Morgan fingerprint density at radius 2 is 2.17 bits per heavy atom. The van der Waals surface area contributed by atoms with E-state index in [4.69, 9.17) is 5.73 Å². The summed E-state index contributed by atoms with van der Waals surface area (Å²) < 4.78 is 0. The second-order valence-corrected chi connectivity index (χ2v) is 5.82. The number of hydrogen-bond donors (Lipinski definition) is 5. The van der Waals surface area contributed by atoms with Gasteiger partial charge in [0, 0.05) is 17.8 Å². The van der Waals surface area contributed by atoms with Gasteiger partial charge in [-0.15, -0.1) is 0 Å². The minimum Gasteiger partial charge on any atom is -0.505 e. The van der Waals surface area contributed by atoms with Gasteiger partial charge in [0.15, 0.2) is 6.23 Å². The second-order valence-electron chi connectivity index (χ2n) is 5.82. The van der Waals surface area contributed by atoms with Gasteiger partial charge in [0.2, 0.25) is 5.91 Å². The van der Waals surface area contributed by atoms with Gasteiger partial charge in [-0.2, -0.15) is 0 Å². The summed E-state index contributed by atoms with van der Waals surface area (Å²) in [4.78, 5) is 12.5. The van der Waals surface area contributed by atoms with Gasteiger partial charge in [-0.25, -0.2) is 0 Å². The predicted molar refractivity (Wildman–Crippen MR) is 84.1 cm³/mol. The molecule has 122 valence electrons. The summed E-state index contributed by atoms with van der Waals surface area (Å²) in [5, 5.41) is 34.1. The molecule has 23 heavy (non-hydrogen) atoms. The number of phenols is 1. The van der Waals surface area contributed by atoms with Gasteiger partial charge in [-0.05, 0) is 24.5 Å². The smallest absolute Gasteiger partial charge is 0.241 e. The van der Waals surface area contributed by atoms with Crippen LogP contribution in [0.2, 0.25) is 0 Å². The van der Waals surface area contributed by atoms with Crippen molar-refractivity contribution in [3.8, 4) is 5.75 Å². The number of fused-ring (bicyclic) bond motifs is 2. The summed E-state index contributed by atoms with van der Waals surface area (Å²) >= 11 is 0. The highest BCUT2D eigenvalue weighted by Crippen LogP contribution is 2.42. The number of carbonyl (C=O) groups excluding carboxylic acids is 1. The summed E-state index contributed by atoms with van der Waals surface area (Å²) in [5.41, 5.74) is 7.32. The monoisotopic (exact) mass is 317 g/mol. The lowest BCUT2D eigenvalue weighted by atomic mass is 10.1. The number of phenolic OH excluding ortho intramolecular Hbond substituents is 1. The molecule has 0 spiro atoms. The number of nitrogens with two attached hydrogens (primary N) is 1. The highest BCUT2D eigenvalue weighted by Gasteiger charge is 2.39. The van der Waals surface area contributed by atoms with Crippen LogP contribution < -0.4 is 11.1 Å². The van der Waals surface area contributed by atoms with E-state index in [1.54, 1.807) is 36.2 Å². The molecule has 1 amide bonds. The zero-order valence-corrected chi connectivity index (χ0v) is 12.6. The SMILES string of the molecule is Cc1ccc2c(c1O)N[C@@H](O)[C@@H]1CC(/C=C/C(N)=O)=CN1C2O. The summed E-state index contributed by atoms with van der Waals surface area (Å²) in [6.07, 6.45) is 2.92. The number of carbonyl (C=O) groups is 1. The fraction of sp³-hybridized carbons (Fsp3) is 0.312. The molecule has 0 saturated carbocycles. The van der Waals surface area contributed by atoms with Crippen molar-refractivity contribution in [2.75, 3.05) is 5.32 Å². The predicted octanol–water partition coefficient (Wildman–Crippen LogP) is 0.435. The number of nitrogens with zero attached hydrogens (tertiary/aromatic N) is 1. The highest BCUT2D eigenvalue weighted by molar-refractivity contribution is 5.86. The van der Waals surface area contributed by atoms with Gasteiger partial charge in [0.25, 0.3) is 0 Å². The Labute approximate surface area is 133 Å². The van der Waals surface area contributed by atoms with Crippen LogP contribution in [0.25, 0.3) is 0 Å². The molecule has 0 bridgehead atoms. The van der Waals surface area contributed by atoms with Crippen molar-refractivity contribution < 1.29 is 20.1 Å².